The minimum absolute atomic E-state index is 0.0893. The molecule has 0 amide bonds. The van der Waals surface area contributed by atoms with Crippen LogP contribution in [0.25, 0.3) is 10.8 Å². The summed E-state index contributed by atoms with van der Waals surface area (Å²) in [5.41, 5.74) is -0.230. The van der Waals surface area contributed by atoms with Crippen molar-refractivity contribution >= 4 is 16.7 Å². The topological polar surface area (TPSA) is 68.7 Å². The molecule has 0 aliphatic heterocycles. The quantitative estimate of drug-likeness (QED) is 0.507. The number of aromatic nitrogens is 1. The van der Waals surface area contributed by atoms with E-state index in [2.05, 4.69) is 4.98 Å². The molecule has 1 aromatic heterocycles. The Morgan fingerprint density at radius 1 is 1.15 bits per heavy atom. The number of benzene rings is 2. The zero-order valence-corrected chi connectivity index (χ0v) is 14.2. The van der Waals surface area contributed by atoms with Crippen LogP contribution in [0.4, 0.5) is 4.39 Å². The van der Waals surface area contributed by atoms with Crippen molar-refractivity contribution in [1.82, 2.24) is 4.98 Å². The highest BCUT2D eigenvalue weighted by molar-refractivity contribution is 6.01. The number of nitrogens with zero attached hydrogens (tertiary/aromatic N) is 1. The first-order chi connectivity index (χ1) is 12.6. The van der Waals surface area contributed by atoms with Crippen molar-refractivity contribution in [3.63, 3.8) is 0 Å². The molecule has 1 N–H and O–H groups in total. The summed E-state index contributed by atoms with van der Waals surface area (Å²) in [5, 5.41) is 11.3. The summed E-state index contributed by atoms with van der Waals surface area (Å²) in [6.45, 7) is 2.22. The van der Waals surface area contributed by atoms with Gasteiger partial charge >= 0.3 is 5.97 Å². The second-order valence-electron chi connectivity index (χ2n) is 5.71. The number of unbranched alkanes of at least 4 members (excludes halogenated alkanes) is 1. The maximum absolute atomic E-state index is 13.4. The van der Waals surface area contributed by atoms with E-state index < -0.39 is 11.8 Å². The molecular formula is C20H18FNO4. The molecule has 1 heterocycles. The van der Waals surface area contributed by atoms with Gasteiger partial charge in [-0.15, -0.1) is 0 Å². The second-order valence-corrected chi connectivity index (χ2v) is 5.71. The summed E-state index contributed by atoms with van der Waals surface area (Å²) in [5.74, 6) is -1.13. The van der Waals surface area contributed by atoms with E-state index in [1.165, 1.54) is 18.2 Å². The van der Waals surface area contributed by atoms with Crippen LogP contribution in [0, 0.1) is 5.82 Å². The highest BCUT2D eigenvalue weighted by Gasteiger charge is 2.21. The molecule has 0 radical (unpaired) electrons. The van der Waals surface area contributed by atoms with Crippen LogP contribution in [0.15, 0.2) is 48.5 Å². The predicted octanol–water partition coefficient (Wildman–Crippen LogP) is 4.83. The Morgan fingerprint density at radius 2 is 1.92 bits per heavy atom. The first kappa shape index (κ1) is 17.7. The molecule has 5 nitrogen and oxygen atoms in total. The van der Waals surface area contributed by atoms with Gasteiger partial charge in [-0.05, 0) is 24.6 Å². The van der Waals surface area contributed by atoms with Crippen LogP contribution in [0.1, 0.15) is 30.3 Å². The Morgan fingerprint density at radius 3 is 2.65 bits per heavy atom. The number of hydrogen-bond donors (Lipinski definition) is 1. The molecule has 134 valence electrons. The number of pyridine rings is 1. The predicted molar refractivity (Wildman–Crippen MR) is 95.1 cm³/mol. The van der Waals surface area contributed by atoms with Gasteiger partial charge in [-0.2, -0.15) is 0 Å². The molecule has 6 heteroatoms. The largest absolute Gasteiger partial charge is 0.505 e. The van der Waals surface area contributed by atoms with E-state index in [0.717, 1.165) is 6.42 Å². The number of rotatable bonds is 6. The fraction of sp³-hybridized carbons (Fsp3) is 0.200. The molecule has 3 aromatic rings. The Hall–Kier alpha value is -3.15. The molecule has 0 fully saturated rings. The van der Waals surface area contributed by atoms with Crippen molar-refractivity contribution in [3.8, 4) is 17.4 Å². The van der Waals surface area contributed by atoms with Gasteiger partial charge in [-0.3, -0.25) is 0 Å². The first-order valence-electron chi connectivity index (χ1n) is 8.32. The van der Waals surface area contributed by atoms with Crippen molar-refractivity contribution in [2.75, 3.05) is 6.61 Å². The smallest absolute Gasteiger partial charge is 0.360 e. The summed E-state index contributed by atoms with van der Waals surface area (Å²) in [6.07, 6.45) is 1.59. The van der Waals surface area contributed by atoms with Crippen LogP contribution >= 0.6 is 0 Å². The average molecular weight is 355 g/mol. The van der Waals surface area contributed by atoms with Crippen molar-refractivity contribution in [3.05, 3.63) is 60.0 Å². The maximum Gasteiger partial charge on any atom is 0.360 e. The molecule has 3 rings (SSSR count). The van der Waals surface area contributed by atoms with Crippen molar-refractivity contribution in [2.45, 2.75) is 19.8 Å². The lowest BCUT2D eigenvalue weighted by Gasteiger charge is -2.12. The van der Waals surface area contributed by atoms with Crippen LogP contribution < -0.4 is 4.74 Å². The van der Waals surface area contributed by atoms with Crippen molar-refractivity contribution in [1.29, 1.82) is 0 Å². The lowest BCUT2D eigenvalue weighted by atomic mass is 10.1. The van der Waals surface area contributed by atoms with Crippen molar-refractivity contribution < 1.29 is 23.8 Å². The molecular weight excluding hydrogens is 337 g/mol. The summed E-state index contributed by atoms with van der Waals surface area (Å²) in [4.78, 5) is 16.4. The molecule has 0 aliphatic carbocycles. The Kier molecular flexibility index (Phi) is 5.31. The number of hydrogen-bond acceptors (Lipinski definition) is 5. The van der Waals surface area contributed by atoms with Crippen LogP contribution in [0.2, 0.25) is 0 Å². The zero-order valence-electron chi connectivity index (χ0n) is 14.2. The minimum Gasteiger partial charge on any atom is -0.505 e. The SMILES string of the molecule is CCCCOC(=O)c1nc(Oc2cccc(F)c2)c2ccccc2c1O. The van der Waals surface area contributed by atoms with Gasteiger partial charge < -0.3 is 14.6 Å². The van der Waals surface area contributed by atoms with E-state index in [1.807, 2.05) is 6.92 Å². The molecule has 0 atom stereocenters. The maximum atomic E-state index is 13.4. The van der Waals surface area contributed by atoms with Gasteiger partial charge in [0.1, 0.15) is 11.6 Å². The summed E-state index contributed by atoms with van der Waals surface area (Å²) in [7, 11) is 0. The summed E-state index contributed by atoms with van der Waals surface area (Å²) < 4.78 is 24.2. The summed E-state index contributed by atoms with van der Waals surface area (Å²) >= 11 is 0. The molecule has 0 unspecified atom stereocenters. The molecule has 2 aromatic carbocycles. The van der Waals surface area contributed by atoms with Gasteiger partial charge in [-0.1, -0.05) is 37.6 Å². The molecule has 26 heavy (non-hydrogen) atoms. The third-order valence-electron chi connectivity index (χ3n) is 3.79. The monoisotopic (exact) mass is 355 g/mol. The standard InChI is InChI=1S/C20H18FNO4/c1-2-3-11-25-20(24)17-18(23)15-9-4-5-10-16(15)19(22-17)26-14-8-6-7-13(21)12-14/h4-10,12,23H,2-3,11H2,1H3. The van der Waals surface area contributed by atoms with E-state index in [4.69, 9.17) is 9.47 Å². The fourth-order valence-electron chi connectivity index (χ4n) is 2.46. The molecule has 0 bridgehead atoms. The zero-order chi connectivity index (χ0) is 18.5. The molecule has 0 saturated heterocycles. The number of carbonyl (C=O) groups excluding carboxylic acids is 1. The summed E-state index contributed by atoms with van der Waals surface area (Å²) in [6, 6.07) is 12.4. The van der Waals surface area contributed by atoms with Gasteiger partial charge in [0.2, 0.25) is 5.88 Å². The number of halogens is 1. The highest BCUT2D eigenvalue weighted by Crippen LogP contribution is 2.35. The lowest BCUT2D eigenvalue weighted by Crippen LogP contribution is -2.10. The Balaban J connectivity index is 2.04. The van der Waals surface area contributed by atoms with Crippen LogP contribution in [0.5, 0.6) is 17.4 Å². The number of esters is 1. The van der Waals surface area contributed by atoms with Crippen LogP contribution in [0.3, 0.4) is 0 Å². The second kappa shape index (κ2) is 7.82. The molecule has 0 aliphatic rings. The third-order valence-corrected chi connectivity index (χ3v) is 3.79. The highest BCUT2D eigenvalue weighted by atomic mass is 19.1. The molecule has 0 spiro atoms. The minimum atomic E-state index is -0.731. The van der Waals surface area contributed by atoms with Crippen LogP contribution in [-0.2, 0) is 4.74 Å². The van der Waals surface area contributed by atoms with Gasteiger partial charge in [0, 0.05) is 16.8 Å². The number of ether oxygens (including phenoxy) is 2. The van der Waals surface area contributed by atoms with E-state index >= 15 is 0 Å². The van der Waals surface area contributed by atoms with Crippen molar-refractivity contribution in [2.24, 2.45) is 0 Å². The number of carbonyl (C=O) groups is 1. The van der Waals surface area contributed by atoms with Crippen LogP contribution in [-0.4, -0.2) is 22.7 Å². The molecule has 0 saturated carbocycles. The third kappa shape index (κ3) is 3.74. The number of fused-ring (bicyclic) bond motifs is 1. The van der Waals surface area contributed by atoms with Gasteiger partial charge in [0.15, 0.2) is 11.4 Å². The van der Waals surface area contributed by atoms with Gasteiger partial charge in [0.05, 0.1) is 6.61 Å². The van der Waals surface area contributed by atoms with E-state index in [9.17, 15) is 14.3 Å². The Bertz CT molecular complexity index is 942. The fourth-order valence-corrected chi connectivity index (χ4v) is 2.46. The number of aromatic hydroxyl groups is 1. The van der Waals surface area contributed by atoms with Gasteiger partial charge in [-0.25, -0.2) is 14.2 Å². The van der Waals surface area contributed by atoms with E-state index in [1.54, 1.807) is 30.3 Å². The normalized spacial score (nSPS) is 10.7. The van der Waals surface area contributed by atoms with E-state index in [0.29, 0.717) is 17.2 Å². The lowest BCUT2D eigenvalue weighted by molar-refractivity contribution is 0.0488. The Labute approximate surface area is 150 Å². The average Bonchev–Trinajstić information content (AvgIpc) is 2.64. The van der Waals surface area contributed by atoms with Gasteiger partial charge in [0.25, 0.3) is 0 Å². The first-order valence-corrected chi connectivity index (χ1v) is 8.32. The van der Waals surface area contributed by atoms with E-state index in [-0.39, 0.29) is 29.7 Å².